The Bertz CT molecular complexity index is 539. The molecule has 1 aliphatic rings. The van der Waals surface area contributed by atoms with Crippen LogP contribution in [-0.2, 0) is 10.0 Å². The zero-order valence-electron chi connectivity index (χ0n) is 10.7. The van der Waals surface area contributed by atoms with Gasteiger partial charge in [-0.3, -0.25) is 4.90 Å². The van der Waals surface area contributed by atoms with Crippen LogP contribution in [0.2, 0.25) is 0 Å². The van der Waals surface area contributed by atoms with Crippen molar-refractivity contribution < 1.29 is 13.2 Å². The summed E-state index contributed by atoms with van der Waals surface area (Å²) in [6, 6.07) is 4.43. The van der Waals surface area contributed by atoms with Crippen LogP contribution in [0.25, 0.3) is 0 Å². The molecule has 1 aromatic rings. The first-order valence-corrected chi connectivity index (χ1v) is 7.79. The standard InChI is InChI=1S/C12H19N3O3S/c13-11-9-10(3-4-12(11)19(14,16)17)18-8-7-15-5-1-2-6-15/h3-4,9H,1-2,5-8,13H2,(H2,14,16,17). The van der Waals surface area contributed by atoms with E-state index in [1.165, 1.54) is 25.0 Å². The van der Waals surface area contributed by atoms with Gasteiger partial charge in [0, 0.05) is 12.6 Å². The molecule has 1 saturated heterocycles. The predicted molar refractivity (Wildman–Crippen MR) is 73.4 cm³/mol. The van der Waals surface area contributed by atoms with E-state index in [1.54, 1.807) is 6.07 Å². The molecule has 2 rings (SSSR count). The van der Waals surface area contributed by atoms with E-state index < -0.39 is 10.0 Å². The second-order valence-electron chi connectivity index (χ2n) is 4.64. The maximum atomic E-state index is 11.2. The summed E-state index contributed by atoms with van der Waals surface area (Å²) < 4.78 is 28.0. The number of anilines is 1. The van der Waals surface area contributed by atoms with Crippen molar-refractivity contribution in [3.8, 4) is 5.75 Å². The summed E-state index contributed by atoms with van der Waals surface area (Å²) in [6.07, 6.45) is 2.49. The van der Waals surface area contributed by atoms with Crippen molar-refractivity contribution in [1.29, 1.82) is 0 Å². The number of rotatable bonds is 5. The zero-order valence-corrected chi connectivity index (χ0v) is 11.5. The van der Waals surface area contributed by atoms with Crippen LogP contribution in [0.1, 0.15) is 12.8 Å². The van der Waals surface area contributed by atoms with Crippen LogP contribution in [0.3, 0.4) is 0 Å². The summed E-state index contributed by atoms with van der Waals surface area (Å²) in [5.41, 5.74) is 5.76. The molecule has 0 unspecified atom stereocenters. The van der Waals surface area contributed by atoms with Gasteiger partial charge in [0.1, 0.15) is 17.3 Å². The van der Waals surface area contributed by atoms with Gasteiger partial charge in [0.25, 0.3) is 0 Å². The smallest absolute Gasteiger partial charge is 0.240 e. The normalized spacial score (nSPS) is 16.7. The minimum atomic E-state index is -3.77. The van der Waals surface area contributed by atoms with Crippen molar-refractivity contribution in [2.24, 2.45) is 5.14 Å². The summed E-state index contributed by atoms with van der Waals surface area (Å²) >= 11 is 0. The largest absolute Gasteiger partial charge is 0.492 e. The molecule has 1 aromatic carbocycles. The number of primary sulfonamides is 1. The molecule has 1 heterocycles. The van der Waals surface area contributed by atoms with E-state index in [0.29, 0.717) is 12.4 Å². The Kier molecular flexibility index (Phi) is 4.28. The lowest BCUT2D eigenvalue weighted by molar-refractivity contribution is 0.238. The second-order valence-corrected chi connectivity index (χ2v) is 6.17. The minimum Gasteiger partial charge on any atom is -0.492 e. The maximum absolute atomic E-state index is 11.2. The van der Waals surface area contributed by atoms with Gasteiger partial charge < -0.3 is 10.5 Å². The lowest BCUT2D eigenvalue weighted by Gasteiger charge is -2.15. The van der Waals surface area contributed by atoms with E-state index in [9.17, 15) is 8.42 Å². The molecule has 0 aliphatic carbocycles. The monoisotopic (exact) mass is 285 g/mol. The van der Waals surface area contributed by atoms with Crippen molar-refractivity contribution in [2.45, 2.75) is 17.7 Å². The van der Waals surface area contributed by atoms with Gasteiger partial charge in [-0.1, -0.05) is 0 Å². The van der Waals surface area contributed by atoms with E-state index in [4.69, 9.17) is 15.6 Å². The molecule has 0 bridgehead atoms. The molecule has 0 atom stereocenters. The van der Waals surface area contributed by atoms with Gasteiger partial charge in [-0.05, 0) is 38.1 Å². The van der Waals surface area contributed by atoms with Gasteiger partial charge in [-0.2, -0.15) is 0 Å². The Morgan fingerprint density at radius 2 is 1.95 bits per heavy atom. The van der Waals surface area contributed by atoms with Crippen LogP contribution >= 0.6 is 0 Å². The fourth-order valence-corrected chi connectivity index (χ4v) is 2.82. The Morgan fingerprint density at radius 1 is 1.26 bits per heavy atom. The van der Waals surface area contributed by atoms with Crippen molar-refractivity contribution in [3.63, 3.8) is 0 Å². The van der Waals surface area contributed by atoms with Crippen LogP contribution in [0.5, 0.6) is 5.75 Å². The average Bonchev–Trinajstić information content (AvgIpc) is 2.80. The van der Waals surface area contributed by atoms with Crippen molar-refractivity contribution in [2.75, 3.05) is 32.0 Å². The molecule has 106 valence electrons. The minimum absolute atomic E-state index is 0.0700. The molecule has 1 fully saturated rings. The fraction of sp³-hybridized carbons (Fsp3) is 0.500. The number of likely N-dealkylation sites (tertiary alicyclic amines) is 1. The number of nitrogen functional groups attached to an aromatic ring is 1. The van der Waals surface area contributed by atoms with Crippen LogP contribution in [0.15, 0.2) is 23.1 Å². The zero-order chi connectivity index (χ0) is 13.9. The molecule has 1 aliphatic heterocycles. The number of hydrogen-bond donors (Lipinski definition) is 2. The van der Waals surface area contributed by atoms with E-state index in [2.05, 4.69) is 4.90 Å². The lowest BCUT2D eigenvalue weighted by Crippen LogP contribution is -2.25. The van der Waals surface area contributed by atoms with Gasteiger partial charge >= 0.3 is 0 Å². The maximum Gasteiger partial charge on any atom is 0.240 e. The molecule has 4 N–H and O–H groups in total. The van der Waals surface area contributed by atoms with Gasteiger partial charge in [-0.15, -0.1) is 0 Å². The Morgan fingerprint density at radius 3 is 2.53 bits per heavy atom. The SMILES string of the molecule is Nc1cc(OCCN2CCCC2)ccc1S(N)(=O)=O. The molecule has 19 heavy (non-hydrogen) atoms. The number of nitrogens with zero attached hydrogens (tertiary/aromatic N) is 1. The summed E-state index contributed by atoms with van der Waals surface area (Å²) in [4.78, 5) is 2.27. The summed E-state index contributed by atoms with van der Waals surface area (Å²) in [5, 5.41) is 5.04. The number of hydrogen-bond acceptors (Lipinski definition) is 5. The summed E-state index contributed by atoms with van der Waals surface area (Å²) in [7, 11) is -3.77. The van der Waals surface area contributed by atoms with E-state index >= 15 is 0 Å². The molecule has 0 aromatic heterocycles. The van der Waals surface area contributed by atoms with Gasteiger partial charge in [0.05, 0.1) is 5.69 Å². The highest BCUT2D eigenvalue weighted by atomic mass is 32.2. The average molecular weight is 285 g/mol. The molecule has 7 heteroatoms. The molecule has 0 amide bonds. The molecule has 0 spiro atoms. The topological polar surface area (TPSA) is 98.7 Å². The van der Waals surface area contributed by atoms with Crippen molar-refractivity contribution in [3.05, 3.63) is 18.2 Å². The molecule has 0 radical (unpaired) electrons. The third-order valence-corrected chi connectivity index (χ3v) is 4.15. The van der Waals surface area contributed by atoms with Gasteiger partial charge in [-0.25, -0.2) is 13.6 Å². The lowest BCUT2D eigenvalue weighted by atomic mass is 10.3. The Balaban J connectivity index is 1.92. The molecule has 0 saturated carbocycles. The first-order chi connectivity index (χ1) is 8.97. The van der Waals surface area contributed by atoms with E-state index in [1.807, 2.05) is 0 Å². The third-order valence-electron chi connectivity index (χ3n) is 3.16. The highest BCUT2D eigenvalue weighted by Crippen LogP contribution is 2.22. The first kappa shape index (κ1) is 14.1. The first-order valence-electron chi connectivity index (χ1n) is 6.24. The quantitative estimate of drug-likeness (QED) is 0.763. The number of benzene rings is 1. The van der Waals surface area contributed by atoms with Crippen molar-refractivity contribution >= 4 is 15.7 Å². The second kappa shape index (κ2) is 5.77. The van der Waals surface area contributed by atoms with Crippen molar-refractivity contribution in [1.82, 2.24) is 4.90 Å². The summed E-state index contributed by atoms with van der Waals surface area (Å²) in [6.45, 7) is 3.68. The van der Waals surface area contributed by atoms with Crippen LogP contribution in [0.4, 0.5) is 5.69 Å². The Labute approximate surface area is 113 Å². The van der Waals surface area contributed by atoms with Gasteiger partial charge in [0.2, 0.25) is 10.0 Å². The van der Waals surface area contributed by atoms with Crippen LogP contribution < -0.4 is 15.6 Å². The molecule has 6 nitrogen and oxygen atoms in total. The third kappa shape index (κ3) is 3.82. The number of sulfonamides is 1. The predicted octanol–water partition coefficient (Wildman–Crippen LogP) is 0.391. The van der Waals surface area contributed by atoms with E-state index in [0.717, 1.165) is 19.6 Å². The highest BCUT2D eigenvalue weighted by molar-refractivity contribution is 7.89. The Hall–Kier alpha value is -1.31. The fourth-order valence-electron chi connectivity index (χ4n) is 2.17. The molecular formula is C12H19N3O3S. The summed E-state index contributed by atoms with van der Waals surface area (Å²) in [5.74, 6) is 0.559. The number of ether oxygens (including phenoxy) is 1. The highest BCUT2D eigenvalue weighted by Gasteiger charge is 2.13. The number of nitrogens with two attached hydrogens (primary N) is 2. The van der Waals surface area contributed by atoms with Crippen LogP contribution in [0, 0.1) is 0 Å². The molecular weight excluding hydrogens is 266 g/mol. The van der Waals surface area contributed by atoms with Gasteiger partial charge in [0.15, 0.2) is 0 Å². The van der Waals surface area contributed by atoms with E-state index in [-0.39, 0.29) is 10.6 Å². The van der Waals surface area contributed by atoms with Crippen LogP contribution in [-0.4, -0.2) is 39.6 Å².